The van der Waals surface area contributed by atoms with Crippen LogP contribution >= 0.6 is 0 Å². The fourth-order valence-corrected chi connectivity index (χ4v) is 3.45. The fourth-order valence-electron chi connectivity index (χ4n) is 3.45. The van der Waals surface area contributed by atoms with Gasteiger partial charge in [0.25, 0.3) is 5.91 Å². The Hall–Kier alpha value is -4.13. The molecule has 3 N–H and O–H groups in total. The number of nitrogens with zero attached hydrogens (tertiary/aromatic N) is 1. The van der Waals surface area contributed by atoms with Crippen molar-refractivity contribution >= 4 is 28.6 Å². The molecule has 7 heteroatoms. The smallest absolute Gasteiger partial charge is 0.260 e. The number of amides is 1. The maximum absolute atomic E-state index is 14.0. The molecule has 2 aromatic heterocycles. The quantitative estimate of drug-likeness (QED) is 0.451. The number of halogens is 1. The van der Waals surface area contributed by atoms with E-state index in [1.807, 2.05) is 6.92 Å². The number of hydrogen-bond acceptors (Lipinski definition) is 4. The highest BCUT2D eigenvalue weighted by molar-refractivity contribution is 6.20. The number of nitrogen functional groups attached to an aromatic ring is 1. The van der Waals surface area contributed by atoms with Crippen molar-refractivity contribution in [3.63, 3.8) is 0 Å². The van der Waals surface area contributed by atoms with Crippen molar-refractivity contribution in [1.82, 2.24) is 4.40 Å². The fraction of sp³-hybridized carbons (Fsp3) is 0.0833. The van der Waals surface area contributed by atoms with Crippen molar-refractivity contribution in [2.75, 3.05) is 17.7 Å². The number of benzene rings is 2. The molecule has 0 aliphatic heterocycles. The molecule has 0 spiro atoms. The zero-order chi connectivity index (χ0) is 22.0. The van der Waals surface area contributed by atoms with Crippen LogP contribution in [0.5, 0.6) is 5.75 Å². The number of nitrogens with one attached hydrogen (secondary N) is 1. The minimum absolute atomic E-state index is 0.0268. The summed E-state index contributed by atoms with van der Waals surface area (Å²) >= 11 is 0. The minimum Gasteiger partial charge on any atom is -0.494 e. The Labute approximate surface area is 178 Å². The molecule has 2 heterocycles. The first kappa shape index (κ1) is 20.2. The van der Waals surface area contributed by atoms with Crippen LogP contribution in [0.3, 0.4) is 0 Å². The zero-order valence-electron chi connectivity index (χ0n) is 16.8. The number of rotatable bonds is 6. The monoisotopic (exact) mass is 417 g/mol. The number of para-hydroxylation sites is 1. The third kappa shape index (κ3) is 3.73. The summed E-state index contributed by atoms with van der Waals surface area (Å²) in [5.41, 5.74) is 7.48. The van der Waals surface area contributed by atoms with Gasteiger partial charge in [-0.15, -0.1) is 0 Å². The third-order valence-electron chi connectivity index (χ3n) is 4.87. The molecule has 156 valence electrons. The lowest BCUT2D eigenvalue weighted by molar-refractivity contribution is 0.102. The van der Waals surface area contributed by atoms with E-state index in [2.05, 4.69) is 5.32 Å². The molecule has 1 amide bonds. The van der Waals surface area contributed by atoms with Crippen LogP contribution in [-0.2, 0) is 0 Å². The van der Waals surface area contributed by atoms with Crippen molar-refractivity contribution < 1.29 is 18.7 Å². The van der Waals surface area contributed by atoms with Crippen LogP contribution in [0.25, 0.3) is 5.52 Å². The molecule has 6 nitrogen and oxygen atoms in total. The van der Waals surface area contributed by atoms with Gasteiger partial charge in [0, 0.05) is 11.8 Å². The number of anilines is 2. The Morgan fingerprint density at radius 2 is 1.74 bits per heavy atom. The van der Waals surface area contributed by atoms with Gasteiger partial charge >= 0.3 is 0 Å². The average Bonchev–Trinajstić information content (AvgIpc) is 3.07. The maximum atomic E-state index is 14.0. The highest BCUT2D eigenvalue weighted by Crippen LogP contribution is 2.30. The van der Waals surface area contributed by atoms with Crippen molar-refractivity contribution in [2.45, 2.75) is 6.92 Å². The number of ketones is 1. The number of ether oxygens (including phenoxy) is 1. The Kier molecular flexibility index (Phi) is 5.41. The van der Waals surface area contributed by atoms with Crippen molar-refractivity contribution in [1.29, 1.82) is 0 Å². The van der Waals surface area contributed by atoms with Gasteiger partial charge in [0.2, 0.25) is 5.78 Å². The average molecular weight is 417 g/mol. The SMILES string of the molecule is CCOc1ccc(C(=O)c2c(N)c(C(=O)Nc3ccccc3F)c3ccccn23)cc1. The molecule has 2 aromatic carbocycles. The lowest BCUT2D eigenvalue weighted by atomic mass is 10.1. The molecule has 0 bridgehead atoms. The molecular formula is C24H20FN3O3. The first-order valence-electron chi connectivity index (χ1n) is 9.73. The van der Waals surface area contributed by atoms with Gasteiger partial charge in [-0.05, 0) is 55.5 Å². The second-order valence-electron chi connectivity index (χ2n) is 6.81. The number of nitrogens with two attached hydrogens (primary N) is 1. The first-order chi connectivity index (χ1) is 15.0. The van der Waals surface area contributed by atoms with E-state index in [1.165, 1.54) is 18.2 Å². The van der Waals surface area contributed by atoms with Gasteiger partial charge in [-0.1, -0.05) is 18.2 Å². The van der Waals surface area contributed by atoms with Gasteiger partial charge in [0.15, 0.2) is 0 Å². The summed E-state index contributed by atoms with van der Waals surface area (Å²) in [6, 6.07) is 17.7. The molecule has 0 aliphatic carbocycles. The molecule has 4 rings (SSSR count). The first-order valence-corrected chi connectivity index (χ1v) is 9.73. The predicted octanol–water partition coefficient (Wildman–Crippen LogP) is 4.54. The second kappa shape index (κ2) is 8.31. The summed E-state index contributed by atoms with van der Waals surface area (Å²) < 4.78 is 21.0. The van der Waals surface area contributed by atoms with Gasteiger partial charge in [0.05, 0.1) is 29.1 Å². The molecule has 0 radical (unpaired) electrons. The molecule has 0 aliphatic rings. The summed E-state index contributed by atoms with van der Waals surface area (Å²) in [4.78, 5) is 26.3. The van der Waals surface area contributed by atoms with E-state index in [0.29, 0.717) is 23.4 Å². The number of carbonyl (C=O) groups excluding carboxylic acids is 2. The largest absolute Gasteiger partial charge is 0.494 e. The van der Waals surface area contributed by atoms with Gasteiger partial charge in [-0.2, -0.15) is 0 Å². The van der Waals surface area contributed by atoms with E-state index in [4.69, 9.17) is 10.5 Å². The van der Waals surface area contributed by atoms with Gasteiger partial charge in [0.1, 0.15) is 17.3 Å². The van der Waals surface area contributed by atoms with Crippen LogP contribution in [0.2, 0.25) is 0 Å². The second-order valence-corrected chi connectivity index (χ2v) is 6.81. The van der Waals surface area contributed by atoms with Crippen molar-refractivity contribution in [3.05, 3.63) is 95.6 Å². The Balaban J connectivity index is 1.77. The van der Waals surface area contributed by atoms with Gasteiger partial charge < -0.3 is 20.2 Å². The van der Waals surface area contributed by atoms with E-state index < -0.39 is 11.7 Å². The van der Waals surface area contributed by atoms with Crippen LogP contribution in [0.1, 0.15) is 33.3 Å². The van der Waals surface area contributed by atoms with Crippen LogP contribution in [-0.4, -0.2) is 22.7 Å². The number of aromatic nitrogens is 1. The molecule has 0 unspecified atom stereocenters. The predicted molar refractivity (Wildman–Crippen MR) is 117 cm³/mol. The van der Waals surface area contributed by atoms with E-state index >= 15 is 0 Å². The van der Waals surface area contributed by atoms with E-state index in [-0.39, 0.29) is 28.4 Å². The van der Waals surface area contributed by atoms with Crippen LogP contribution in [0.4, 0.5) is 15.8 Å². The molecule has 0 atom stereocenters. The molecule has 0 saturated heterocycles. The van der Waals surface area contributed by atoms with Crippen molar-refractivity contribution in [2.24, 2.45) is 0 Å². The summed E-state index contributed by atoms with van der Waals surface area (Å²) in [7, 11) is 0. The Morgan fingerprint density at radius 1 is 1.03 bits per heavy atom. The third-order valence-corrected chi connectivity index (χ3v) is 4.87. The van der Waals surface area contributed by atoms with Crippen LogP contribution < -0.4 is 15.8 Å². The summed E-state index contributed by atoms with van der Waals surface area (Å²) in [5, 5.41) is 2.54. The highest BCUT2D eigenvalue weighted by Gasteiger charge is 2.26. The van der Waals surface area contributed by atoms with E-state index in [0.717, 1.165) is 0 Å². The number of pyridine rings is 1. The molecule has 4 aromatic rings. The number of carbonyl (C=O) groups is 2. The lowest BCUT2D eigenvalue weighted by Gasteiger charge is -2.07. The summed E-state index contributed by atoms with van der Waals surface area (Å²) in [6.45, 7) is 2.39. The van der Waals surface area contributed by atoms with Crippen LogP contribution in [0.15, 0.2) is 72.9 Å². The molecular weight excluding hydrogens is 397 g/mol. The molecule has 0 fully saturated rings. The maximum Gasteiger partial charge on any atom is 0.260 e. The topological polar surface area (TPSA) is 85.8 Å². The lowest BCUT2D eigenvalue weighted by Crippen LogP contribution is -2.15. The normalized spacial score (nSPS) is 10.8. The van der Waals surface area contributed by atoms with Crippen LogP contribution in [0, 0.1) is 5.82 Å². The van der Waals surface area contributed by atoms with Gasteiger partial charge in [-0.25, -0.2) is 4.39 Å². The van der Waals surface area contributed by atoms with E-state index in [9.17, 15) is 14.0 Å². The standard InChI is InChI=1S/C24H20FN3O3/c1-2-31-16-12-10-15(11-13-16)23(29)22-21(26)20(19-9-5-6-14-28(19)22)24(30)27-18-8-4-3-7-17(18)25/h3-14H,2,26H2,1H3,(H,27,30). The summed E-state index contributed by atoms with van der Waals surface area (Å²) in [6.07, 6.45) is 1.66. The summed E-state index contributed by atoms with van der Waals surface area (Å²) in [5.74, 6) is -0.857. The van der Waals surface area contributed by atoms with Crippen molar-refractivity contribution in [3.8, 4) is 5.75 Å². The molecule has 31 heavy (non-hydrogen) atoms. The highest BCUT2D eigenvalue weighted by atomic mass is 19.1. The Morgan fingerprint density at radius 3 is 2.45 bits per heavy atom. The molecule has 0 saturated carbocycles. The minimum atomic E-state index is -0.600. The zero-order valence-corrected chi connectivity index (χ0v) is 16.8. The van der Waals surface area contributed by atoms with E-state index in [1.54, 1.807) is 59.1 Å². The number of hydrogen-bond donors (Lipinski definition) is 2. The van der Waals surface area contributed by atoms with Gasteiger partial charge in [-0.3, -0.25) is 9.59 Å². The Bertz CT molecular complexity index is 1280. The number of fused-ring (bicyclic) bond motifs is 1.